The number of nitrogens with one attached hydrogen (secondary N) is 1. The Balaban J connectivity index is 2.15. The number of ether oxygens (including phenoxy) is 1. The van der Waals surface area contributed by atoms with Crippen LogP contribution < -0.4 is 0 Å². The van der Waals surface area contributed by atoms with Crippen LogP contribution >= 0.6 is 0 Å². The van der Waals surface area contributed by atoms with Gasteiger partial charge in [0.05, 0.1) is 30.2 Å². The van der Waals surface area contributed by atoms with Gasteiger partial charge in [0.25, 0.3) is 0 Å². The number of nitrogens with zero attached hydrogens (tertiary/aromatic N) is 1. The molecule has 1 saturated heterocycles. The quantitative estimate of drug-likeness (QED) is 0.626. The molecule has 116 valence electrons. The van der Waals surface area contributed by atoms with E-state index < -0.39 is 12.6 Å². The highest BCUT2D eigenvalue weighted by atomic mass is 16.5. The molecule has 2 aliphatic rings. The summed E-state index contributed by atoms with van der Waals surface area (Å²) in [7, 11) is 0. The van der Waals surface area contributed by atoms with Crippen LogP contribution in [-0.4, -0.2) is 52.2 Å². The van der Waals surface area contributed by atoms with Crippen molar-refractivity contribution in [2.75, 3.05) is 19.7 Å². The van der Waals surface area contributed by atoms with Gasteiger partial charge in [-0.3, -0.25) is 9.59 Å². The maximum absolute atomic E-state index is 12.7. The predicted molar refractivity (Wildman–Crippen MR) is 75.6 cm³/mol. The van der Waals surface area contributed by atoms with Crippen molar-refractivity contribution in [3.8, 4) is 0 Å². The molecule has 1 aromatic heterocycles. The molecule has 0 spiro atoms. The maximum Gasteiger partial charge on any atom is 0.355 e. The standard InChI is InChI=1S/C15H16N2O5/c1-3-22-15(21)10-8(6-18)9-11(16-10)13(19)7(2)12(14(9)20)17-4-5-17/h16,18H,3-6H2,1-2H3. The van der Waals surface area contributed by atoms with Gasteiger partial charge in [-0.2, -0.15) is 0 Å². The van der Waals surface area contributed by atoms with Crippen LogP contribution in [-0.2, 0) is 11.3 Å². The fraction of sp³-hybridized carbons (Fsp3) is 0.400. The van der Waals surface area contributed by atoms with Gasteiger partial charge in [-0.1, -0.05) is 0 Å². The van der Waals surface area contributed by atoms with E-state index in [4.69, 9.17) is 4.74 Å². The number of hydrogen-bond acceptors (Lipinski definition) is 6. The molecule has 0 atom stereocenters. The van der Waals surface area contributed by atoms with Crippen LogP contribution in [0.25, 0.3) is 0 Å². The molecule has 0 aromatic carbocycles. The molecule has 1 aliphatic carbocycles. The number of aliphatic hydroxyl groups excluding tert-OH is 1. The van der Waals surface area contributed by atoms with Crippen molar-refractivity contribution >= 4 is 17.5 Å². The first-order valence-electron chi connectivity index (χ1n) is 7.09. The maximum atomic E-state index is 12.7. The third kappa shape index (κ3) is 1.97. The Morgan fingerprint density at radius 1 is 1.32 bits per heavy atom. The van der Waals surface area contributed by atoms with Crippen molar-refractivity contribution < 1.29 is 24.2 Å². The average Bonchev–Trinajstić information content (AvgIpc) is 3.23. The number of Topliss-reactive ketones (excluding diaryl/α,β-unsaturated/α-hetero) is 2. The van der Waals surface area contributed by atoms with Gasteiger partial charge in [-0.05, 0) is 13.8 Å². The zero-order valence-electron chi connectivity index (χ0n) is 12.4. The Hall–Kier alpha value is -2.41. The summed E-state index contributed by atoms with van der Waals surface area (Å²) in [6.45, 7) is 4.34. The number of aromatic amines is 1. The van der Waals surface area contributed by atoms with E-state index in [1.54, 1.807) is 18.7 Å². The summed E-state index contributed by atoms with van der Waals surface area (Å²) in [4.78, 5) is 41.6. The number of aliphatic hydroxyl groups is 1. The zero-order chi connectivity index (χ0) is 16.0. The summed E-state index contributed by atoms with van der Waals surface area (Å²) < 4.78 is 4.90. The van der Waals surface area contributed by atoms with Crippen molar-refractivity contribution in [3.05, 3.63) is 33.8 Å². The molecule has 1 fully saturated rings. The Bertz CT molecular complexity index is 725. The lowest BCUT2D eigenvalue weighted by Gasteiger charge is -2.18. The second-order valence-corrected chi connectivity index (χ2v) is 5.23. The topological polar surface area (TPSA) is 99.5 Å². The van der Waals surface area contributed by atoms with E-state index in [-0.39, 0.29) is 40.7 Å². The predicted octanol–water partition coefficient (Wildman–Crippen LogP) is 0.652. The molecule has 3 rings (SSSR count). The first-order valence-corrected chi connectivity index (χ1v) is 7.09. The molecule has 0 amide bonds. The van der Waals surface area contributed by atoms with E-state index in [1.807, 2.05) is 0 Å². The Morgan fingerprint density at radius 2 is 2.00 bits per heavy atom. The minimum Gasteiger partial charge on any atom is -0.461 e. The van der Waals surface area contributed by atoms with E-state index in [0.717, 1.165) is 13.1 Å². The van der Waals surface area contributed by atoms with Crippen LogP contribution in [0.4, 0.5) is 0 Å². The first-order chi connectivity index (χ1) is 10.5. The largest absolute Gasteiger partial charge is 0.461 e. The van der Waals surface area contributed by atoms with Crippen LogP contribution in [0.15, 0.2) is 11.3 Å². The molecule has 7 nitrogen and oxygen atoms in total. The lowest BCUT2D eigenvalue weighted by Crippen LogP contribution is -2.25. The number of carbonyl (C=O) groups is 3. The van der Waals surface area contributed by atoms with Crippen molar-refractivity contribution in [2.45, 2.75) is 20.5 Å². The summed E-state index contributed by atoms with van der Waals surface area (Å²) in [5.74, 6) is -1.35. The molecule has 1 aromatic rings. The molecule has 0 saturated carbocycles. The minimum absolute atomic E-state index is 0.0316. The fourth-order valence-electron chi connectivity index (χ4n) is 2.73. The highest BCUT2D eigenvalue weighted by molar-refractivity contribution is 6.27. The number of rotatable bonds is 4. The van der Waals surface area contributed by atoms with Gasteiger partial charge < -0.3 is 19.7 Å². The zero-order valence-corrected chi connectivity index (χ0v) is 12.4. The van der Waals surface area contributed by atoms with Crippen LogP contribution in [0, 0.1) is 0 Å². The van der Waals surface area contributed by atoms with E-state index in [1.165, 1.54) is 0 Å². The van der Waals surface area contributed by atoms with E-state index in [2.05, 4.69) is 4.98 Å². The summed E-state index contributed by atoms with van der Waals surface area (Å²) in [6.07, 6.45) is 0. The second kappa shape index (κ2) is 5.10. The number of fused-ring (bicyclic) bond motifs is 1. The fourth-order valence-corrected chi connectivity index (χ4v) is 2.73. The second-order valence-electron chi connectivity index (χ2n) is 5.23. The third-order valence-electron chi connectivity index (χ3n) is 3.87. The van der Waals surface area contributed by atoms with Gasteiger partial charge >= 0.3 is 5.97 Å². The average molecular weight is 304 g/mol. The molecule has 7 heteroatoms. The van der Waals surface area contributed by atoms with Gasteiger partial charge in [-0.15, -0.1) is 0 Å². The van der Waals surface area contributed by atoms with Crippen LogP contribution in [0.1, 0.15) is 50.7 Å². The highest BCUT2D eigenvalue weighted by Gasteiger charge is 2.40. The van der Waals surface area contributed by atoms with Gasteiger partial charge in [0.2, 0.25) is 11.6 Å². The molecule has 0 radical (unpaired) electrons. The number of aromatic nitrogens is 1. The molecular formula is C15H16N2O5. The van der Waals surface area contributed by atoms with E-state index >= 15 is 0 Å². The van der Waals surface area contributed by atoms with Crippen LogP contribution in [0.3, 0.4) is 0 Å². The number of allylic oxidation sites excluding steroid dienone is 2. The SMILES string of the molecule is CCOC(=O)c1[nH]c2c(c1CO)C(=O)C(N1CC1)=C(C)C2=O. The van der Waals surface area contributed by atoms with E-state index in [9.17, 15) is 19.5 Å². The Kier molecular flexibility index (Phi) is 3.37. The minimum atomic E-state index is -0.688. The van der Waals surface area contributed by atoms with Crippen molar-refractivity contribution in [1.29, 1.82) is 0 Å². The van der Waals surface area contributed by atoms with Gasteiger partial charge in [-0.25, -0.2) is 4.79 Å². The molecule has 0 unspecified atom stereocenters. The molecule has 2 heterocycles. The van der Waals surface area contributed by atoms with Crippen LogP contribution in [0.5, 0.6) is 0 Å². The summed E-state index contributed by atoms with van der Waals surface area (Å²) in [6, 6.07) is 0. The third-order valence-corrected chi connectivity index (χ3v) is 3.87. The number of carbonyl (C=O) groups excluding carboxylic acids is 3. The van der Waals surface area contributed by atoms with E-state index in [0.29, 0.717) is 11.3 Å². The van der Waals surface area contributed by atoms with Crippen molar-refractivity contribution in [3.63, 3.8) is 0 Å². The van der Waals surface area contributed by atoms with Gasteiger partial charge in [0.1, 0.15) is 5.69 Å². The Morgan fingerprint density at radius 3 is 2.55 bits per heavy atom. The first kappa shape index (κ1) is 14.5. The lowest BCUT2D eigenvalue weighted by atomic mass is 9.90. The monoisotopic (exact) mass is 304 g/mol. The summed E-state index contributed by atoms with van der Waals surface area (Å²) in [5.41, 5.74) is 0.954. The molecule has 1 aliphatic heterocycles. The normalized spacial score (nSPS) is 17.0. The summed E-state index contributed by atoms with van der Waals surface area (Å²) in [5, 5.41) is 9.57. The van der Waals surface area contributed by atoms with Gasteiger partial charge in [0.15, 0.2) is 0 Å². The number of ketones is 2. The highest BCUT2D eigenvalue weighted by Crippen LogP contribution is 2.34. The number of hydrogen-bond donors (Lipinski definition) is 2. The molecule has 0 bridgehead atoms. The van der Waals surface area contributed by atoms with Gasteiger partial charge in [0, 0.05) is 24.2 Å². The van der Waals surface area contributed by atoms with Crippen molar-refractivity contribution in [2.24, 2.45) is 0 Å². The smallest absolute Gasteiger partial charge is 0.355 e. The van der Waals surface area contributed by atoms with Crippen LogP contribution in [0.2, 0.25) is 0 Å². The summed E-state index contributed by atoms with van der Waals surface area (Å²) >= 11 is 0. The molecular weight excluding hydrogens is 288 g/mol. The lowest BCUT2D eigenvalue weighted by molar-refractivity contribution is 0.0516. The molecule has 2 N–H and O–H groups in total. The Labute approximate surface area is 126 Å². The number of esters is 1. The van der Waals surface area contributed by atoms with Crippen molar-refractivity contribution in [1.82, 2.24) is 9.88 Å². The number of H-pyrrole nitrogens is 1. The molecule has 22 heavy (non-hydrogen) atoms.